The van der Waals surface area contributed by atoms with Crippen LogP contribution >= 0.6 is 12.4 Å². The van der Waals surface area contributed by atoms with Crippen LogP contribution in [0.25, 0.3) is 11.5 Å². The van der Waals surface area contributed by atoms with Crippen LogP contribution in [0.5, 0.6) is 0 Å². The Balaban J connectivity index is 0.00000261. The number of halogens is 4. The maximum atomic E-state index is 13.4. The SMILES string of the molecule is CC(N)C1CCC(Nc2cc(-c3n[nH]c(=O)o3)ccc2C(F)(F)F)CC1.Cl. The van der Waals surface area contributed by atoms with Gasteiger partial charge in [-0.2, -0.15) is 13.2 Å². The van der Waals surface area contributed by atoms with E-state index in [1.807, 2.05) is 6.92 Å². The lowest BCUT2D eigenvalue weighted by atomic mass is 9.82. The van der Waals surface area contributed by atoms with E-state index in [9.17, 15) is 18.0 Å². The first-order chi connectivity index (χ1) is 12.2. The second kappa shape index (κ2) is 8.35. The molecule has 150 valence electrons. The fourth-order valence-corrected chi connectivity index (χ4v) is 3.41. The van der Waals surface area contributed by atoms with E-state index in [-0.39, 0.29) is 36.1 Å². The first-order valence-corrected chi connectivity index (χ1v) is 8.53. The predicted octanol–water partition coefficient (Wildman–Crippen LogP) is 3.79. The third-order valence-corrected chi connectivity index (χ3v) is 4.89. The molecule has 1 saturated carbocycles. The third kappa shape index (κ3) is 5.04. The van der Waals surface area contributed by atoms with Gasteiger partial charge in [0.2, 0.25) is 5.89 Å². The van der Waals surface area contributed by atoms with Crippen LogP contribution in [0.3, 0.4) is 0 Å². The molecule has 3 rings (SSSR count). The normalized spacial score (nSPS) is 21.4. The van der Waals surface area contributed by atoms with E-state index in [1.165, 1.54) is 12.1 Å². The summed E-state index contributed by atoms with van der Waals surface area (Å²) in [6.45, 7) is 1.96. The molecular weight excluding hydrogens is 385 g/mol. The highest BCUT2D eigenvalue weighted by atomic mass is 35.5. The Morgan fingerprint density at radius 2 is 1.96 bits per heavy atom. The number of nitrogens with zero attached hydrogens (tertiary/aromatic N) is 1. The van der Waals surface area contributed by atoms with Crippen LogP contribution in [0, 0.1) is 5.92 Å². The van der Waals surface area contributed by atoms with E-state index < -0.39 is 17.5 Å². The monoisotopic (exact) mass is 406 g/mol. The number of nitrogens with one attached hydrogen (secondary N) is 2. The van der Waals surface area contributed by atoms with E-state index in [4.69, 9.17) is 10.2 Å². The Bertz CT molecular complexity index is 811. The van der Waals surface area contributed by atoms with E-state index in [0.29, 0.717) is 11.5 Å². The number of aromatic amines is 1. The van der Waals surface area contributed by atoms with Gasteiger partial charge in [0.05, 0.1) is 5.56 Å². The minimum absolute atomic E-state index is 0. The fourth-order valence-electron chi connectivity index (χ4n) is 3.41. The Morgan fingerprint density at radius 1 is 1.30 bits per heavy atom. The summed E-state index contributed by atoms with van der Waals surface area (Å²) in [5.74, 6) is -0.407. The minimum atomic E-state index is -4.49. The molecule has 1 aliphatic carbocycles. The van der Waals surface area contributed by atoms with Gasteiger partial charge in [-0.15, -0.1) is 17.5 Å². The zero-order valence-electron chi connectivity index (χ0n) is 14.7. The van der Waals surface area contributed by atoms with Crippen LogP contribution in [0.15, 0.2) is 27.4 Å². The number of rotatable bonds is 4. The quantitative estimate of drug-likeness (QED) is 0.717. The van der Waals surface area contributed by atoms with Gasteiger partial charge in [-0.25, -0.2) is 9.89 Å². The van der Waals surface area contributed by atoms with Gasteiger partial charge in [-0.05, 0) is 56.7 Å². The highest BCUT2D eigenvalue weighted by Gasteiger charge is 2.35. The number of aromatic nitrogens is 2. The third-order valence-electron chi connectivity index (χ3n) is 4.89. The molecule has 1 fully saturated rings. The summed E-state index contributed by atoms with van der Waals surface area (Å²) >= 11 is 0. The highest BCUT2D eigenvalue weighted by molar-refractivity contribution is 5.85. The first-order valence-electron chi connectivity index (χ1n) is 8.53. The Kier molecular flexibility index (Phi) is 6.59. The van der Waals surface area contributed by atoms with Gasteiger partial charge in [-0.1, -0.05) is 0 Å². The zero-order valence-corrected chi connectivity index (χ0v) is 15.5. The van der Waals surface area contributed by atoms with Gasteiger partial charge < -0.3 is 15.5 Å². The second-order valence-corrected chi connectivity index (χ2v) is 6.79. The second-order valence-electron chi connectivity index (χ2n) is 6.79. The first kappa shape index (κ1) is 21.3. The number of hydrogen-bond acceptors (Lipinski definition) is 5. The summed E-state index contributed by atoms with van der Waals surface area (Å²) in [6, 6.07) is 3.56. The molecule has 1 aromatic heterocycles. The Hall–Kier alpha value is -2.00. The molecule has 10 heteroatoms. The zero-order chi connectivity index (χ0) is 18.9. The molecule has 0 saturated heterocycles. The van der Waals surface area contributed by atoms with Crippen molar-refractivity contribution < 1.29 is 17.6 Å². The van der Waals surface area contributed by atoms with Crippen molar-refractivity contribution in [1.29, 1.82) is 0 Å². The van der Waals surface area contributed by atoms with Gasteiger partial charge in [0.1, 0.15) is 0 Å². The number of benzene rings is 1. The van der Waals surface area contributed by atoms with Gasteiger partial charge in [0.15, 0.2) is 0 Å². The molecular formula is C17H22ClF3N4O2. The van der Waals surface area contributed by atoms with Crippen LogP contribution in [-0.2, 0) is 6.18 Å². The van der Waals surface area contributed by atoms with Crippen molar-refractivity contribution in [3.05, 3.63) is 34.3 Å². The van der Waals surface area contributed by atoms with Crippen molar-refractivity contribution in [2.45, 2.75) is 50.9 Å². The lowest BCUT2D eigenvalue weighted by Crippen LogP contribution is -2.34. The number of hydrogen-bond donors (Lipinski definition) is 3. The Morgan fingerprint density at radius 3 is 2.48 bits per heavy atom. The summed E-state index contributed by atoms with van der Waals surface area (Å²) in [4.78, 5) is 11.1. The number of H-pyrrole nitrogens is 1. The molecule has 2 aromatic rings. The topological polar surface area (TPSA) is 96.9 Å². The highest BCUT2D eigenvalue weighted by Crippen LogP contribution is 2.38. The van der Waals surface area contributed by atoms with Crippen LogP contribution in [-0.4, -0.2) is 22.3 Å². The molecule has 0 radical (unpaired) electrons. The molecule has 1 atom stereocenters. The molecule has 0 bridgehead atoms. The van der Waals surface area contributed by atoms with Crippen molar-refractivity contribution in [3.8, 4) is 11.5 Å². The van der Waals surface area contributed by atoms with Crippen molar-refractivity contribution in [3.63, 3.8) is 0 Å². The average molecular weight is 407 g/mol. The van der Waals surface area contributed by atoms with Crippen molar-refractivity contribution in [1.82, 2.24) is 10.2 Å². The van der Waals surface area contributed by atoms with E-state index >= 15 is 0 Å². The van der Waals surface area contributed by atoms with Gasteiger partial charge in [-0.3, -0.25) is 0 Å². The fraction of sp³-hybridized carbons (Fsp3) is 0.529. The number of alkyl halides is 3. The van der Waals surface area contributed by atoms with Crippen molar-refractivity contribution in [2.24, 2.45) is 11.7 Å². The Labute approximate surface area is 160 Å². The van der Waals surface area contributed by atoms with Gasteiger partial charge >= 0.3 is 11.9 Å². The molecule has 0 spiro atoms. The molecule has 0 aliphatic heterocycles. The molecule has 27 heavy (non-hydrogen) atoms. The summed E-state index contributed by atoms with van der Waals surface area (Å²) in [7, 11) is 0. The van der Waals surface area contributed by atoms with E-state index in [2.05, 4.69) is 15.5 Å². The number of anilines is 1. The summed E-state index contributed by atoms with van der Waals surface area (Å²) in [6.07, 6.45) is -1.22. The molecule has 1 aromatic carbocycles. The molecule has 0 amide bonds. The largest absolute Gasteiger partial charge is 0.434 e. The maximum Gasteiger partial charge on any atom is 0.434 e. The minimum Gasteiger partial charge on any atom is -0.388 e. The summed E-state index contributed by atoms with van der Waals surface area (Å²) in [5.41, 5.74) is 5.42. The van der Waals surface area contributed by atoms with Crippen LogP contribution in [0.1, 0.15) is 38.2 Å². The van der Waals surface area contributed by atoms with Gasteiger partial charge in [0.25, 0.3) is 0 Å². The van der Waals surface area contributed by atoms with Gasteiger partial charge in [0, 0.05) is 23.3 Å². The van der Waals surface area contributed by atoms with E-state index in [1.54, 1.807) is 0 Å². The average Bonchev–Trinajstić information content (AvgIpc) is 3.01. The molecule has 4 N–H and O–H groups in total. The smallest absolute Gasteiger partial charge is 0.388 e. The summed E-state index contributed by atoms with van der Waals surface area (Å²) < 4.78 is 44.9. The maximum absolute atomic E-state index is 13.4. The number of nitrogens with two attached hydrogens (primary N) is 1. The van der Waals surface area contributed by atoms with Crippen molar-refractivity contribution in [2.75, 3.05) is 5.32 Å². The van der Waals surface area contributed by atoms with Crippen LogP contribution < -0.4 is 16.8 Å². The molecule has 1 unspecified atom stereocenters. The molecule has 1 heterocycles. The van der Waals surface area contributed by atoms with Crippen LogP contribution in [0.4, 0.5) is 18.9 Å². The van der Waals surface area contributed by atoms with Crippen molar-refractivity contribution >= 4 is 18.1 Å². The molecule has 1 aliphatic rings. The van der Waals surface area contributed by atoms with Crippen LogP contribution in [0.2, 0.25) is 0 Å². The molecule has 6 nitrogen and oxygen atoms in total. The lowest BCUT2D eigenvalue weighted by molar-refractivity contribution is -0.137. The summed E-state index contributed by atoms with van der Waals surface area (Å²) in [5, 5.41) is 8.78. The van der Waals surface area contributed by atoms with E-state index in [0.717, 1.165) is 31.7 Å². The lowest BCUT2D eigenvalue weighted by Gasteiger charge is -2.32. The predicted molar refractivity (Wildman–Crippen MR) is 97.8 cm³/mol. The standard InChI is InChI=1S/C17H21F3N4O2.ClH/c1-9(21)10-2-5-12(6-3-10)22-14-8-11(15-23-24-16(25)26-15)4-7-13(14)17(18,19)20;/h4,7-10,12,22H,2-3,5-6,21H2,1H3,(H,24,25);1H.